The lowest BCUT2D eigenvalue weighted by molar-refractivity contribution is 0.670. The van der Waals surface area contributed by atoms with Crippen LogP contribution in [0.15, 0.2) is 180 Å². The molecule has 0 unspecified atom stereocenters. The minimum atomic E-state index is 0.869. The molecule has 0 amide bonds. The number of furan rings is 1. The molecule has 2 heteroatoms. The molecule has 46 heavy (non-hydrogen) atoms. The first-order chi connectivity index (χ1) is 22.8. The summed E-state index contributed by atoms with van der Waals surface area (Å²) < 4.78 is 6.85. The fourth-order valence-electron chi connectivity index (χ4n) is 6.79. The summed E-state index contributed by atoms with van der Waals surface area (Å²) in [5, 5.41) is 7.12. The van der Waals surface area contributed by atoms with E-state index in [1.54, 1.807) is 0 Å². The molecular weight excluding hydrogens is 558 g/mol. The van der Waals surface area contributed by atoms with Gasteiger partial charge in [0.1, 0.15) is 11.2 Å². The first kappa shape index (κ1) is 26.3. The van der Waals surface area contributed by atoms with E-state index in [9.17, 15) is 0 Å². The summed E-state index contributed by atoms with van der Waals surface area (Å²) in [6.07, 6.45) is 0. The quantitative estimate of drug-likeness (QED) is 0.199. The van der Waals surface area contributed by atoms with Crippen molar-refractivity contribution in [3.8, 4) is 22.3 Å². The first-order valence-corrected chi connectivity index (χ1v) is 15.7. The van der Waals surface area contributed by atoms with Crippen LogP contribution in [0.4, 0.5) is 17.1 Å². The first-order valence-electron chi connectivity index (χ1n) is 15.7. The molecule has 8 aromatic carbocycles. The summed E-state index contributed by atoms with van der Waals surface area (Å²) in [5.74, 6) is 0. The average molecular weight is 588 g/mol. The predicted molar refractivity (Wildman–Crippen MR) is 194 cm³/mol. The average Bonchev–Trinajstić information content (AvgIpc) is 3.49. The Balaban J connectivity index is 1.21. The van der Waals surface area contributed by atoms with Crippen LogP contribution < -0.4 is 4.90 Å². The third kappa shape index (κ3) is 4.43. The Hall–Kier alpha value is -6.12. The summed E-state index contributed by atoms with van der Waals surface area (Å²) in [7, 11) is 0. The Morgan fingerprint density at radius 1 is 0.348 bits per heavy atom. The van der Waals surface area contributed by atoms with Crippen molar-refractivity contribution >= 4 is 60.5 Å². The monoisotopic (exact) mass is 587 g/mol. The molecule has 0 N–H and O–H groups in total. The SMILES string of the molecule is c1ccc(N(c2ccccc2)c2ccc3c(c2)oc2c(-c4ccc(-c5ccc6ccccc6c5)cc4)c4ccccc4cc23)cc1. The second kappa shape index (κ2) is 10.8. The Labute approximate surface area is 267 Å². The van der Waals surface area contributed by atoms with Gasteiger partial charge in [-0.2, -0.15) is 0 Å². The van der Waals surface area contributed by atoms with Crippen LogP contribution in [-0.4, -0.2) is 0 Å². The highest BCUT2D eigenvalue weighted by Crippen LogP contribution is 2.43. The maximum atomic E-state index is 6.85. The van der Waals surface area contributed by atoms with E-state index in [2.05, 4.69) is 181 Å². The lowest BCUT2D eigenvalue weighted by Crippen LogP contribution is -2.09. The van der Waals surface area contributed by atoms with E-state index in [1.165, 1.54) is 32.7 Å². The van der Waals surface area contributed by atoms with Crippen molar-refractivity contribution in [1.82, 2.24) is 0 Å². The molecule has 9 aromatic rings. The highest BCUT2D eigenvalue weighted by molar-refractivity contribution is 6.18. The Morgan fingerprint density at radius 2 is 0.957 bits per heavy atom. The van der Waals surface area contributed by atoms with Crippen LogP contribution >= 0.6 is 0 Å². The number of hydrogen-bond donors (Lipinski definition) is 0. The molecule has 0 aliphatic heterocycles. The van der Waals surface area contributed by atoms with E-state index in [0.717, 1.165) is 50.1 Å². The van der Waals surface area contributed by atoms with E-state index < -0.39 is 0 Å². The molecule has 0 bridgehead atoms. The van der Waals surface area contributed by atoms with Gasteiger partial charge in [0.05, 0.1) is 0 Å². The fourth-order valence-corrected chi connectivity index (χ4v) is 6.79. The van der Waals surface area contributed by atoms with Crippen molar-refractivity contribution < 1.29 is 4.42 Å². The Kier molecular flexibility index (Phi) is 6.17. The minimum Gasteiger partial charge on any atom is -0.455 e. The van der Waals surface area contributed by atoms with Gasteiger partial charge in [-0.25, -0.2) is 0 Å². The van der Waals surface area contributed by atoms with Crippen LogP contribution in [0, 0.1) is 0 Å². The molecule has 0 atom stereocenters. The molecular formula is C44H29NO. The van der Waals surface area contributed by atoms with Gasteiger partial charge < -0.3 is 9.32 Å². The highest BCUT2D eigenvalue weighted by Gasteiger charge is 2.19. The molecule has 0 fully saturated rings. The highest BCUT2D eigenvalue weighted by atomic mass is 16.3. The van der Waals surface area contributed by atoms with Gasteiger partial charge in [-0.3, -0.25) is 0 Å². The van der Waals surface area contributed by atoms with Crippen LogP contribution in [0.25, 0.3) is 65.7 Å². The third-order valence-electron chi connectivity index (χ3n) is 9.01. The van der Waals surface area contributed by atoms with Crippen LogP contribution in [0.3, 0.4) is 0 Å². The zero-order valence-corrected chi connectivity index (χ0v) is 25.1. The Morgan fingerprint density at radius 3 is 1.70 bits per heavy atom. The Bertz CT molecular complexity index is 2470. The fraction of sp³-hybridized carbons (Fsp3) is 0. The normalized spacial score (nSPS) is 11.5. The zero-order valence-electron chi connectivity index (χ0n) is 25.1. The second-order valence-electron chi connectivity index (χ2n) is 11.8. The van der Waals surface area contributed by atoms with Gasteiger partial charge in [0.2, 0.25) is 0 Å². The van der Waals surface area contributed by atoms with Crippen LogP contribution in [0.2, 0.25) is 0 Å². The predicted octanol–water partition coefficient (Wildman–Crippen LogP) is 12.7. The number of benzene rings is 8. The van der Waals surface area contributed by atoms with Crippen molar-refractivity contribution in [2.75, 3.05) is 4.90 Å². The van der Waals surface area contributed by atoms with E-state index in [1.807, 2.05) is 0 Å². The van der Waals surface area contributed by atoms with Crippen molar-refractivity contribution in [3.05, 3.63) is 176 Å². The molecule has 0 aliphatic carbocycles. The lowest BCUT2D eigenvalue weighted by Gasteiger charge is -2.25. The summed E-state index contributed by atoms with van der Waals surface area (Å²) in [4.78, 5) is 2.27. The number of hydrogen-bond acceptors (Lipinski definition) is 2. The summed E-state index contributed by atoms with van der Waals surface area (Å²) in [6.45, 7) is 0. The van der Waals surface area contributed by atoms with Crippen LogP contribution in [-0.2, 0) is 0 Å². The van der Waals surface area contributed by atoms with Gasteiger partial charge in [-0.1, -0.05) is 121 Å². The van der Waals surface area contributed by atoms with Gasteiger partial charge in [0.15, 0.2) is 0 Å². The molecule has 9 rings (SSSR count). The number of rotatable bonds is 5. The van der Waals surface area contributed by atoms with E-state index in [-0.39, 0.29) is 0 Å². The maximum Gasteiger partial charge on any atom is 0.143 e. The molecule has 2 nitrogen and oxygen atoms in total. The molecule has 0 spiro atoms. The topological polar surface area (TPSA) is 16.4 Å². The molecule has 1 aromatic heterocycles. The molecule has 0 radical (unpaired) electrons. The second-order valence-corrected chi connectivity index (χ2v) is 11.8. The molecule has 1 heterocycles. The molecule has 0 aliphatic rings. The van der Waals surface area contributed by atoms with Gasteiger partial charge in [0, 0.05) is 39.5 Å². The van der Waals surface area contributed by atoms with Crippen molar-refractivity contribution in [1.29, 1.82) is 0 Å². The summed E-state index contributed by atoms with van der Waals surface area (Å²) in [5.41, 5.74) is 9.70. The van der Waals surface area contributed by atoms with E-state index >= 15 is 0 Å². The van der Waals surface area contributed by atoms with Crippen molar-refractivity contribution in [3.63, 3.8) is 0 Å². The molecule has 0 saturated carbocycles. The van der Waals surface area contributed by atoms with Crippen molar-refractivity contribution in [2.45, 2.75) is 0 Å². The van der Waals surface area contributed by atoms with Gasteiger partial charge >= 0.3 is 0 Å². The lowest BCUT2D eigenvalue weighted by atomic mass is 9.93. The number of nitrogens with zero attached hydrogens (tertiary/aromatic N) is 1. The van der Waals surface area contributed by atoms with Gasteiger partial charge in [-0.15, -0.1) is 0 Å². The van der Waals surface area contributed by atoms with E-state index in [4.69, 9.17) is 4.42 Å². The zero-order chi connectivity index (χ0) is 30.5. The summed E-state index contributed by atoms with van der Waals surface area (Å²) >= 11 is 0. The molecule has 216 valence electrons. The smallest absolute Gasteiger partial charge is 0.143 e. The standard InChI is InChI=1S/C44H29NO/c1-3-14-36(15-4-1)45(37-16-5-2-6-17-37)38-25-26-40-41-28-35-13-9-10-18-39(35)43(44(41)46-42(40)29-38)32-22-19-31(20-23-32)34-24-21-30-11-7-8-12-33(30)27-34/h1-29H. The third-order valence-corrected chi connectivity index (χ3v) is 9.01. The van der Waals surface area contributed by atoms with Crippen molar-refractivity contribution in [2.24, 2.45) is 0 Å². The number of para-hydroxylation sites is 2. The molecule has 0 saturated heterocycles. The van der Waals surface area contributed by atoms with Crippen LogP contribution in [0.1, 0.15) is 0 Å². The minimum absolute atomic E-state index is 0.869. The largest absolute Gasteiger partial charge is 0.455 e. The van der Waals surface area contributed by atoms with Crippen LogP contribution in [0.5, 0.6) is 0 Å². The number of fused-ring (bicyclic) bond motifs is 5. The van der Waals surface area contributed by atoms with Gasteiger partial charge in [0.25, 0.3) is 0 Å². The van der Waals surface area contributed by atoms with Gasteiger partial charge in [-0.05, 0) is 86.8 Å². The maximum absolute atomic E-state index is 6.85. The number of anilines is 3. The summed E-state index contributed by atoms with van der Waals surface area (Å²) in [6, 6.07) is 62.6. The van der Waals surface area contributed by atoms with E-state index in [0.29, 0.717) is 0 Å².